The number of nitrogens with zero attached hydrogens (tertiary/aromatic N) is 3. The SMILES string of the molecule is Fc1cncc(Oc2cnc(Cl)cn2)c1. The maximum atomic E-state index is 12.7. The second-order valence-electron chi connectivity index (χ2n) is 2.62. The third kappa shape index (κ3) is 2.60. The minimum atomic E-state index is -0.477. The Morgan fingerprint density at radius 1 is 1.13 bits per heavy atom. The van der Waals surface area contributed by atoms with Crippen molar-refractivity contribution in [2.24, 2.45) is 0 Å². The van der Waals surface area contributed by atoms with Crippen molar-refractivity contribution in [3.8, 4) is 11.6 Å². The van der Waals surface area contributed by atoms with Crippen LogP contribution in [0.15, 0.2) is 30.9 Å². The third-order valence-electron chi connectivity index (χ3n) is 1.50. The van der Waals surface area contributed by atoms with Gasteiger partial charge in [-0.15, -0.1) is 0 Å². The van der Waals surface area contributed by atoms with Crippen molar-refractivity contribution in [3.63, 3.8) is 0 Å². The van der Waals surface area contributed by atoms with E-state index in [2.05, 4.69) is 15.0 Å². The van der Waals surface area contributed by atoms with E-state index in [1.54, 1.807) is 0 Å². The molecule has 4 nitrogen and oxygen atoms in total. The van der Waals surface area contributed by atoms with E-state index < -0.39 is 5.82 Å². The Morgan fingerprint density at radius 2 is 2.00 bits per heavy atom. The van der Waals surface area contributed by atoms with Crippen molar-refractivity contribution in [3.05, 3.63) is 41.8 Å². The molecule has 0 unspecified atom stereocenters. The molecule has 0 atom stereocenters. The first-order valence-corrected chi connectivity index (χ1v) is 4.38. The maximum Gasteiger partial charge on any atom is 0.238 e. The van der Waals surface area contributed by atoms with E-state index in [1.807, 2.05) is 0 Å². The summed E-state index contributed by atoms with van der Waals surface area (Å²) >= 11 is 5.54. The summed E-state index contributed by atoms with van der Waals surface area (Å²) in [7, 11) is 0. The number of halogens is 2. The van der Waals surface area contributed by atoms with Gasteiger partial charge < -0.3 is 4.74 Å². The van der Waals surface area contributed by atoms with Gasteiger partial charge in [0.2, 0.25) is 5.88 Å². The van der Waals surface area contributed by atoms with Gasteiger partial charge >= 0.3 is 0 Å². The molecule has 2 rings (SSSR count). The molecule has 0 fully saturated rings. The third-order valence-corrected chi connectivity index (χ3v) is 1.69. The Morgan fingerprint density at radius 3 is 2.67 bits per heavy atom. The molecule has 0 N–H and O–H groups in total. The van der Waals surface area contributed by atoms with Gasteiger partial charge in [-0.3, -0.25) is 4.98 Å². The molecule has 0 amide bonds. The highest BCUT2D eigenvalue weighted by atomic mass is 35.5. The van der Waals surface area contributed by atoms with Crippen LogP contribution in [0.25, 0.3) is 0 Å². The van der Waals surface area contributed by atoms with Crippen LogP contribution >= 0.6 is 11.6 Å². The number of rotatable bonds is 2. The molecule has 0 aliphatic carbocycles. The fourth-order valence-corrected chi connectivity index (χ4v) is 1.02. The minimum absolute atomic E-state index is 0.229. The van der Waals surface area contributed by atoms with E-state index in [-0.39, 0.29) is 16.8 Å². The molecule has 0 aliphatic rings. The summed E-state index contributed by atoms with van der Waals surface area (Å²) < 4.78 is 17.9. The molecule has 0 saturated heterocycles. The van der Waals surface area contributed by atoms with Gasteiger partial charge in [0.1, 0.15) is 11.0 Å². The summed E-state index contributed by atoms with van der Waals surface area (Å²) in [5.41, 5.74) is 0. The lowest BCUT2D eigenvalue weighted by Crippen LogP contribution is -1.90. The van der Waals surface area contributed by atoms with Crippen LogP contribution in [0.5, 0.6) is 11.6 Å². The standard InChI is InChI=1S/C9H5ClFN3O/c10-8-4-14-9(5-13-8)15-7-1-6(11)2-12-3-7/h1-5H. The van der Waals surface area contributed by atoms with E-state index >= 15 is 0 Å². The van der Waals surface area contributed by atoms with E-state index in [0.29, 0.717) is 0 Å². The summed E-state index contributed by atoms with van der Waals surface area (Å²) in [4.78, 5) is 11.2. The first-order valence-electron chi connectivity index (χ1n) is 4.00. The lowest BCUT2D eigenvalue weighted by molar-refractivity contribution is 0.452. The predicted octanol–water partition coefficient (Wildman–Crippen LogP) is 2.46. The van der Waals surface area contributed by atoms with E-state index in [0.717, 1.165) is 6.20 Å². The normalized spacial score (nSPS) is 10.0. The van der Waals surface area contributed by atoms with E-state index in [9.17, 15) is 4.39 Å². The molecule has 2 aromatic rings. The van der Waals surface area contributed by atoms with Gasteiger partial charge in [0.05, 0.1) is 24.8 Å². The van der Waals surface area contributed by atoms with Gasteiger partial charge in [0, 0.05) is 6.07 Å². The van der Waals surface area contributed by atoms with Crippen LogP contribution in [0, 0.1) is 5.82 Å². The average Bonchev–Trinajstić information content (AvgIpc) is 2.22. The fourth-order valence-electron chi connectivity index (χ4n) is 0.922. The molecule has 76 valence electrons. The zero-order chi connectivity index (χ0) is 10.7. The monoisotopic (exact) mass is 225 g/mol. The Balaban J connectivity index is 2.18. The van der Waals surface area contributed by atoms with Gasteiger partial charge in [-0.2, -0.15) is 0 Å². The van der Waals surface area contributed by atoms with Crippen LogP contribution in [0.3, 0.4) is 0 Å². The van der Waals surface area contributed by atoms with Gasteiger partial charge in [-0.25, -0.2) is 14.4 Å². The first-order chi connectivity index (χ1) is 7.24. The van der Waals surface area contributed by atoms with Crippen molar-refractivity contribution in [1.82, 2.24) is 15.0 Å². The highest BCUT2D eigenvalue weighted by molar-refractivity contribution is 6.29. The second kappa shape index (κ2) is 4.18. The molecule has 0 spiro atoms. The summed E-state index contributed by atoms with van der Waals surface area (Å²) in [6.45, 7) is 0. The molecule has 0 radical (unpaired) electrons. The molecule has 0 aliphatic heterocycles. The Hall–Kier alpha value is -1.75. The van der Waals surface area contributed by atoms with Crippen LogP contribution in [0.2, 0.25) is 5.15 Å². The lowest BCUT2D eigenvalue weighted by Gasteiger charge is -2.02. The molecule has 0 saturated carbocycles. The number of hydrogen-bond acceptors (Lipinski definition) is 4. The molecule has 0 bridgehead atoms. The average molecular weight is 226 g/mol. The van der Waals surface area contributed by atoms with Crippen LogP contribution < -0.4 is 4.74 Å². The predicted molar refractivity (Wildman–Crippen MR) is 51.3 cm³/mol. The maximum absolute atomic E-state index is 12.7. The first kappa shape index (κ1) is 9.79. The van der Waals surface area contributed by atoms with Crippen molar-refractivity contribution < 1.29 is 9.13 Å². The Labute approximate surface area is 89.7 Å². The largest absolute Gasteiger partial charge is 0.436 e. The van der Waals surface area contributed by atoms with Crippen molar-refractivity contribution in [2.45, 2.75) is 0 Å². The van der Waals surface area contributed by atoms with Crippen LogP contribution in [0.4, 0.5) is 4.39 Å². The summed E-state index contributed by atoms with van der Waals surface area (Å²) in [6, 6.07) is 1.20. The molecule has 15 heavy (non-hydrogen) atoms. The lowest BCUT2D eigenvalue weighted by atomic mass is 10.4. The molecule has 6 heteroatoms. The van der Waals surface area contributed by atoms with Crippen molar-refractivity contribution >= 4 is 11.6 Å². The molecule has 2 aromatic heterocycles. The Bertz CT molecular complexity index is 463. The molecule has 0 aromatic carbocycles. The van der Waals surface area contributed by atoms with Crippen molar-refractivity contribution in [1.29, 1.82) is 0 Å². The zero-order valence-electron chi connectivity index (χ0n) is 7.39. The van der Waals surface area contributed by atoms with E-state index in [1.165, 1.54) is 24.7 Å². The van der Waals surface area contributed by atoms with Crippen LogP contribution in [0.1, 0.15) is 0 Å². The molecular weight excluding hydrogens is 221 g/mol. The number of pyridine rings is 1. The van der Waals surface area contributed by atoms with Crippen LogP contribution in [-0.2, 0) is 0 Å². The number of ether oxygens (including phenoxy) is 1. The smallest absolute Gasteiger partial charge is 0.238 e. The van der Waals surface area contributed by atoms with E-state index in [4.69, 9.17) is 16.3 Å². The molecule has 2 heterocycles. The van der Waals surface area contributed by atoms with Gasteiger partial charge in [0.15, 0.2) is 5.75 Å². The number of hydrogen-bond donors (Lipinski definition) is 0. The Kier molecular flexibility index (Phi) is 2.73. The second-order valence-corrected chi connectivity index (χ2v) is 3.01. The minimum Gasteiger partial charge on any atom is -0.436 e. The fraction of sp³-hybridized carbons (Fsp3) is 0. The highest BCUT2D eigenvalue weighted by Crippen LogP contribution is 2.18. The van der Waals surface area contributed by atoms with Crippen molar-refractivity contribution in [2.75, 3.05) is 0 Å². The van der Waals surface area contributed by atoms with Gasteiger partial charge in [0.25, 0.3) is 0 Å². The van der Waals surface area contributed by atoms with Gasteiger partial charge in [-0.1, -0.05) is 11.6 Å². The van der Waals surface area contributed by atoms with Gasteiger partial charge in [-0.05, 0) is 0 Å². The summed E-state index contributed by atoms with van der Waals surface area (Å²) in [5, 5.41) is 0.264. The topological polar surface area (TPSA) is 47.9 Å². The summed E-state index contributed by atoms with van der Waals surface area (Å²) in [5.74, 6) is 0.00726. The zero-order valence-corrected chi connectivity index (χ0v) is 8.15. The quantitative estimate of drug-likeness (QED) is 0.788. The molecular formula is C9H5ClFN3O. The number of aromatic nitrogens is 3. The van der Waals surface area contributed by atoms with Crippen LogP contribution in [-0.4, -0.2) is 15.0 Å². The highest BCUT2D eigenvalue weighted by Gasteiger charge is 2.00. The summed E-state index contributed by atoms with van der Waals surface area (Å²) in [6.07, 6.45) is 5.14.